The van der Waals surface area contributed by atoms with E-state index in [1.54, 1.807) is 0 Å². The van der Waals surface area contributed by atoms with Gasteiger partial charge >= 0.3 is 0 Å². The van der Waals surface area contributed by atoms with E-state index in [1.807, 2.05) is 48.5 Å². The maximum Gasteiger partial charge on any atom is 0.229 e. The molecule has 0 radical (unpaired) electrons. The molecular weight excluding hydrogens is 428 g/mol. The summed E-state index contributed by atoms with van der Waals surface area (Å²) in [5.74, 6) is 0.805. The number of piperidine rings is 1. The number of nitrogens with one attached hydrogen (secondary N) is 1. The highest BCUT2D eigenvalue weighted by molar-refractivity contribution is 9.10. The predicted molar refractivity (Wildman–Crippen MR) is 120 cm³/mol. The smallest absolute Gasteiger partial charge is 0.229 e. The number of aromatic nitrogens is 2. The highest BCUT2D eigenvalue weighted by Gasteiger charge is 2.27. The van der Waals surface area contributed by atoms with Crippen molar-refractivity contribution in [1.82, 2.24) is 10.2 Å². The normalized spacial score (nSPS) is 16.5. The van der Waals surface area contributed by atoms with Gasteiger partial charge in [0.1, 0.15) is 0 Å². The first kappa shape index (κ1) is 19.6. The average molecular weight is 451 g/mol. The lowest BCUT2D eigenvalue weighted by Crippen LogP contribution is -2.41. The van der Waals surface area contributed by atoms with Crippen molar-refractivity contribution in [1.29, 1.82) is 0 Å². The van der Waals surface area contributed by atoms with E-state index in [9.17, 15) is 4.79 Å². The zero-order valence-corrected chi connectivity index (χ0v) is 17.9. The Morgan fingerprint density at radius 2 is 1.97 bits per heavy atom. The molecule has 1 aromatic heterocycles. The van der Waals surface area contributed by atoms with Gasteiger partial charge in [0.05, 0.1) is 11.6 Å². The van der Waals surface area contributed by atoms with Crippen LogP contribution < -0.4 is 10.2 Å². The number of nitrogens with zero attached hydrogens (tertiary/aromatic N) is 3. The fraction of sp³-hybridized carbons (Fsp3) is 0.261. The average Bonchev–Trinajstić information content (AvgIpc) is 2.74. The van der Waals surface area contributed by atoms with Crippen LogP contribution in [-0.2, 0) is 4.79 Å². The molecule has 0 unspecified atom stereocenters. The Morgan fingerprint density at radius 1 is 1.10 bits per heavy atom. The second-order valence-corrected chi connectivity index (χ2v) is 8.35. The Hall–Kier alpha value is -2.73. The number of hydrogen-bond acceptors (Lipinski definition) is 4. The van der Waals surface area contributed by atoms with Crippen molar-refractivity contribution in [3.05, 3.63) is 70.7 Å². The molecule has 0 bridgehead atoms. The summed E-state index contributed by atoms with van der Waals surface area (Å²) < 4.78 is 0.949. The fourth-order valence-corrected chi connectivity index (χ4v) is 4.06. The Balaban J connectivity index is 1.43. The lowest BCUT2D eigenvalue weighted by atomic mass is 9.97. The maximum atomic E-state index is 12.7. The SMILES string of the molecule is Cc1cccc(-c2ccc(N3CCC[C@H](C(=O)Nc4cccc(Br)c4)C3)nn2)c1. The van der Waals surface area contributed by atoms with Gasteiger partial charge in [-0.25, -0.2) is 0 Å². The highest BCUT2D eigenvalue weighted by atomic mass is 79.9. The van der Waals surface area contributed by atoms with E-state index >= 15 is 0 Å². The van der Waals surface area contributed by atoms with Crippen LogP contribution in [0.25, 0.3) is 11.3 Å². The van der Waals surface area contributed by atoms with Crippen molar-refractivity contribution in [2.75, 3.05) is 23.3 Å². The first-order valence-corrected chi connectivity index (χ1v) is 10.6. The third-order valence-corrected chi connectivity index (χ3v) is 5.67. The minimum atomic E-state index is -0.0685. The molecular formula is C23H23BrN4O. The molecule has 1 saturated heterocycles. The molecule has 1 aliphatic rings. The van der Waals surface area contributed by atoms with Crippen molar-refractivity contribution < 1.29 is 4.79 Å². The summed E-state index contributed by atoms with van der Waals surface area (Å²) in [5, 5.41) is 11.9. The molecule has 0 spiro atoms. The molecule has 1 atom stereocenters. The second-order valence-electron chi connectivity index (χ2n) is 7.43. The molecule has 1 fully saturated rings. The zero-order chi connectivity index (χ0) is 20.2. The lowest BCUT2D eigenvalue weighted by Gasteiger charge is -2.32. The van der Waals surface area contributed by atoms with Gasteiger partial charge in [-0.05, 0) is 56.2 Å². The third-order valence-electron chi connectivity index (χ3n) is 5.17. The van der Waals surface area contributed by atoms with Crippen LogP contribution in [-0.4, -0.2) is 29.2 Å². The highest BCUT2D eigenvalue weighted by Crippen LogP contribution is 2.25. The number of rotatable bonds is 4. The van der Waals surface area contributed by atoms with Crippen LogP contribution in [0.2, 0.25) is 0 Å². The van der Waals surface area contributed by atoms with Crippen LogP contribution in [0.5, 0.6) is 0 Å². The van der Waals surface area contributed by atoms with Crippen molar-refractivity contribution in [3.63, 3.8) is 0 Å². The van der Waals surface area contributed by atoms with Crippen LogP contribution in [0.1, 0.15) is 18.4 Å². The molecule has 29 heavy (non-hydrogen) atoms. The van der Waals surface area contributed by atoms with Crippen molar-refractivity contribution in [2.24, 2.45) is 5.92 Å². The van der Waals surface area contributed by atoms with Gasteiger partial charge in [-0.1, -0.05) is 45.8 Å². The van der Waals surface area contributed by atoms with Crippen LogP contribution in [0, 0.1) is 12.8 Å². The van der Waals surface area contributed by atoms with Crippen molar-refractivity contribution >= 4 is 33.3 Å². The topological polar surface area (TPSA) is 58.1 Å². The summed E-state index contributed by atoms with van der Waals surface area (Å²) >= 11 is 3.44. The van der Waals surface area contributed by atoms with E-state index in [0.717, 1.165) is 46.6 Å². The maximum absolute atomic E-state index is 12.7. The Bertz CT molecular complexity index is 1010. The monoisotopic (exact) mass is 450 g/mol. The minimum absolute atomic E-state index is 0.0529. The number of carbonyl (C=O) groups is 1. The fourth-order valence-electron chi connectivity index (χ4n) is 3.66. The summed E-state index contributed by atoms with van der Waals surface area (Å²) in [6, 6.07) is 19.9. The lowest BCUT2D eigenvalue weighted by molar-refractivity contribution is -0.120. The Labute approximate surface area is 179 Å². The van der Waals surface area contributed by atoms with Crippen LogP contribution in [0.4, 0.5) is 11.5 Å². The Kier molecular flexibility index (Phi) is 5.90. The minimum Gasteiger partial charge on any atom is -0.354 e. The van der Waals surface area contributed by atoms with Gasteiger partial charge in [0.25, 0.3) is 0 Å². The van der Waals surface area contributed by atoms with Gasteiger partial charge in [-0.2, -0.15) is 0 Å². The summed E-state index contributed by atoms with van der Waals surface area (Å²) in [6.45, 7) is 3.61. The summed E-state index contributed by atoms with van der Waals surface area (Å²) in [7, 11) is 0. The quantitative estimate of drug-likeness (QED) is 0.602. The number of hydrogen-bond donors (Lipinski definition) is 1. The molecule has 3 aromatic rings. The standard InChI is InChI=1S/C23H23BrN4O/c1-16-5-2-6-17(13-16)21-10-11-22(27-26-21)28-12-4-7-18(15-28)23(29)25-20-9-3-8-19(24)14-20/h2-3,5-6,8-11,13-14,18H,4,7,12,15H2,1H3,(H,25,29)/t18-/m0/s1. The first-order chi connectivity index (χ1) is 14.1. The molecule has 148 valence electrons. The van der Waals surface area contributed by atoms with E-state index in [2.05, 4.69) is 55.4 Å². The number of benzene rings is 2. The summed E-state index contributed by atoms with van der Waals surface area (Å²) in [6.07, 6.45) is 1.84. The predicted octanol–water partition coefficient (Wildman–Crippen LogP) is 5.07. The summed E-state index contributed by atoms with van der Waals surface area (Å²) in [5.41, 5.74) is 3.93. The molecule has 6 heteroatoms. The van der Waals surface area contributed by atoms with Gasteiger partial charge in [0.2, 0.25) is 5.91 Å². The molecule has 0 aliphatic carbocycles. The van der Waals surface area contributed by atoms with Gasteiger partial charge in [0, 0.05) is 28.8 Å². The third kappa shape index (κ3) is 4.82. The van der Waals surface area contributed by atoms with Crippen molar-refractivity contribution in [3.8, 4) is 11.3 Å². The molecule has 1 N–H and O–H groups in total. The van der Waals surface area contributed by atoms with E-state index < -0.39 is 0 Å². The van der Waals surface area contributed by atoms with Crippen molar-refractivity contribution in [2.45, 2.75) is 19.8 Å². The van der Waals surface area contributed by atoms with E-state index in [4.69, 9.17) is 0 Å². The molecule has 4 rings (SSSR count). The van der Waals surface area contributed by atoms with Gasteiger partial charge in [-0.15, -0.1) is 10.2 Å². The molecule has 1 amide bonds. The second kappa shape index (κ2) is 8.74. The van der Waals surface area contributed by atoms with Crippen LogP contribution in [0.3, 0.4) is 0 Å². The number of carbonyl (C=O) groups excluding carboxylic acids is 1. The zero-order valence-electron chi connectivity index (χ0n) is 16.3. The van der Waals surface area contributed by atoms with E-state index in [-0.39, 0.29) is 11.8 Å². The number of amides is 1. The number of halogens is 1. The number of aryl methyl sites for hydroxylation is 1. The first-order valence-electron chi connectivity index (χ1n) is 9.80. The van der Waals surface area contributed by atoms with Gasteiger partial charge in [-0.3, -0.25) is 4.79 Å². The van der Waals surface area contributed by atoms with E-state index in [1.165, 1.54) is 5.56 Å². The molecule has 2 aromatic carbocycles. The molecule has 2 heterocycles. The molecule has 5 nitrogen and oxygen atoms in total. The molecule has 0 saturated carbocycles. The van der Waals surface area contributed by atoms with Gasteiger partial charge in [0.15, 0.2) is 5.82 Å². The summed E-state index contributed by atoms with van der Waals surface area (Å²) in [4.78, 5) is 14.9. The van der Waals surface area contributed by atoms with Gasteiger partial charge < -0.3 is 10.2 Å². The number of anilines is 2. The molecule has 1 aliphatic heterocycles. The largest absolute Gasteiger partial charge is 0.354 e. The Morgan fingerprint density at radius 3 is 2.72 bits per heavy atom. The van der Waals surface area contributed by atoms with Crippen LogP contribution >= 0.6 is 15.9 Å². The van der Waals surface area contributed by atoms with Crippen LogP contribution in [0.15, 0.2) is 65.1 Å². The van der Waals surface area contributed by atoms with E-state index in [0.29, 0.717) is 6.54 Å².